The molecule has 0 aliphatic carbocycles. The average Bonchev–Trinajstić information content (AvgIpc) is 3.24. The van der Waals surface area contributed by atoms with Crippen LogP contribution in [0.25, 0.3) is 11.1 Å². The first-order valence-electron chi connectivity index (χ1n) is 8.80. The highest BCUT2D eigenvalue weighted by atomic mass is 16.3. The molecule has 0 aliphatic heterocycles. The van der Waals surface area contributed by atoms with Gasteiger partial charge in [0.2, 0.25) is 0 Å². The normalized spacial score (nSPS) is 10.1. The second-order valence-corrected chi connectivity index (χ2v) is 6.10. The molecule has 3 heterocycles. The van der Waals surface area contributed by atoms with E-state index in [1.807, 2.05) is 42.5 Å². The number of nitrogens with one attached hydrogen (secondary N) is 2. The molecule has 6 nitrogen and oxygen atoms in total. The maximum atomic E-state index is 12.5. The van der Waals surface area contributed by atoms with Gasteiger partial charge in [-0.25, -0.2) is 0 Å². The Morgan fingerprint density at radius 1 is 0.966 bits per heavy atom. The molecule has 2 N–H and O–H groups in total. The molecule has 0 aliphatic rings. The summed E-state index contributed by atoms with van der Waals surface area (Å²) in [6, 6.07) is 17.8. The van der Waals surface area contributed by atoms with E-state index in [1.165, 1.54) is 6.07 Å². The second kappa shape index (κ2) is 8.11. The minimum Gasteiger partial charge on any atom is -0.443 e. The van der Waals surface area contributed by atoms with Gasteiger partial charge in [-0.05, 0) is 53.9 Å². The van der Waals surface area contributed by atoms with Crippen molar-refractivity contribution in [3.63, 3.8) is 0 Å². The highest BCUT2D eigenvalue weighted by Crippen LogP contribution is 2.19. The van der Waals surface area contributed by atoms with Gasteiger partial charge < -0.3 is 14.7 Å². The summed E-state index contributed by atoms with van der Waals surface area (Å²) in [6.07, 6.45) is 4.89. The fourth-order valence-electron chi connectivity index (χ4n) is 2.65. The van der Waals surface area contributed by atoms with Crippen LogP contribution in [0.15, 0.2) is 88.5 Å². The number of carbonyl (C=O) groups is 1. The van der Waals surface area contributed by atoms with Crippen molar-refractivity contribution >= 4 is 11.6 Å². The van der Waals surface area contributed by atoms with E-state index in [1.54, 1.807) is 30.7 Å². The number of rotatable bonds is 3. The number of pyridine rings is 2. The molecule has 4 aromatic rings. The number of aromatic amines is 1. The summed E-state index contributed by atoms with van der Waals surface area (Å²) >= 11 is 0. The third-order valence-electron chi connectivity index (χ3n) is 4.10. The number of furan rings is 1. The van der Waals surface area contributed by atoms with Crippen LogP contribution in [0.1, 0.15) is 21.9 Å². The van der Waals surface area contributed by atoms with E-state index >= 15 is 0 Å². The van der Waals surface area contributed by atoms with Gasteiger partial charge in [-0.15, -0.1) is 0 Å². The third kappa shape index (κ3) is 4.31. The fourth-order valence-corrected chi connectivity index (χ4v) is 2.65. The Labute approximate surface area is 166 Å². The van der Waals surface area contributed by atoms with Gasteiger partial charge in [-0.1, -0.05) is 24.1 Å². The fraction of sp³-hybridized carbons (Fsp3) is 0. The molecule has 4 rings (SSSR count). The molecule has 0 bridgehead atoms. The molecule has 0 atom stereocenters. The zero-order valence-corrected chi connectivity index (χ0v) is 15.2. The second-order valence-electron chi connectivity index (χ2n) is 6.10. The average molecular weight is 381 g/mol. The van der Waals surface area contributed by atoms with Crippen molar-refractivity contribution in [2.75, 3.05) is 5.32 Å². The zero-order chi connectivity index (χ0) is 20.1. The van der Waals surface area contributed by atoms with E-state index in [0.29, 0.717) is 5.76 Å². The number of anilines is 1. The summed E-state index contributed by atoms with van der Waals surface area (Å²) in [5.74, 6) is 5.73. The Bertz CT molecular complexity index is 1260. The predicted octanol–water partition coefficient (Wildman–Crippen LogP) is 3.68. The van der Waals surface area contributed by atoms with E-state index in [0.717, 1.165) is 16.7 Å². The van der Waals surface area contributed by atoms with Crippen LogP contribution in [0, 0.1) is 11.8 Å². The number of hydrogen-bond acceptors (Lipinski definition) is 4. The van der Waals surface area contributed by atoms with Gasteiger partial charge in [-0.2, -0.15) is 0 Å². The van der Waals surface area contributed by atoms with E-state index in [-0.39, 0.29) is 11.4 Å². The highest BCUT2D eigenvalue weighted by Gasteiger charge is 2.13. The third-order valence-corrected chi connectivity index (χ3v) is 4.10. The number of carbonyl (C=O) groups excluding carboxylic acids is 1. The Balaban J connectivity index is 1.53. The number of H-pyrrole nitrogens is 1. The molecule has 3 aromatic heterocycles. The predicted molar refractivity (Wildman–Crippen MR) is 109 cm³/mol. The first kappa shape index (κ1) is 18.0. The Morgan fingerprint density at radius 3 is 2.55 bits per heavy atom. The zero-order valence-electron chi connectivity index (χ0n) is 15.2. The quantitative estimate of drug-likeness (QED) is 0.530. The molecule has 1 amide bonds. The number of amides is 1. The van der Waals surface area contributed by atoms with Crippen LogP contribution in [-0.2, 0) is 0 Å². The van der Waals surface area contributed by atoms with E-state index in [9.17, 15) is 9.59 Å². The van der Waals surface area contributed by atoms with E-state index in [2.05, 4.69) is 27.1 Å². The van der Waals surface area contributed by atoms with Crippen LogP contribution in [0.3, 0.4) is 0 Å². The van der Waals surface area contributed by atoms with Crippen molar-refractivity contribution in [2.24, 2.45) is 0 Å². The molecule has 0 radical (unpaired) electrons. The number of nitrogens with zero attached hydrogens (tertiary/aromatic N) is 1. The lowest BCUT2D eigenvalue weighted by Crippen LogP contribution is -2.19. The van der Waals surface area contributed by atoms with E-state index in [4.69, 9.17) is 4.42 Å². The molecule has 0 spiro atoms. The monoisotopic (exact) mass is 381 g/mol. The van der Waals surface area contributed by atoms with Crippen molar-refractivity contribution in [3.8, 4) is 23.0 Å². The lowest BCUT2D eigenvalue weighted by atomic mass is 10.1. The van der Waals surface area contributed by atoms with Crippen molar-refractivity contribution in [1.82, 2.24) is 9.97 Å². The summed E-state index contributed by atoms with van der Waals surface area (Å²) in [4.78, 5) is 31.2. The molecular formula is C23H15N3O3. The molecule has 0 unspecified atom stereocenters. The lowest BCUT2D eigenvalue weighted by Gasteiger charge is -2.05. The summed E-state index contributed by atoms with van der Waals surface area (Å²) in [7, 11) is 0. The van der Waals surface area contributed by atoms with Crippen LogP contribution in [0.2, 0.25) is 0 Å². The largest absolute Gasteiger partial charge is 0.443 e. The maximum Gasteiger partial charge on any atom is 0.291 e. The first-order valence-corrected chi connectivity index (χ1v) is 8.80. The Morgan fingerprint density at radius 2 is 1.76 bits per heavy atom. The minimum absolute atomic E-state index is 0.0658. The number of hydrogen-bond donors (Lipinski definition) is 2. The lowest BCUT2D eigenvalue weighted by molar-refractivity contribution is 0.0996. The van der Waals surface area contributed by atoms with E-state index < -0.39 is 11.5 Å². The van der Waals surface area contributed by atoms with Crippen LogP contribution in [0.5, 0.6) is 0 Å². The van der Waals surface area contributed by atoms with Crippen molar-refractivity contribution < 1.29 is 9.21 Å². The Kier molecular flexibility index (Phi) is 5.04. The van der Waals surface area contributed by atoms with Gasteiger partial charge in [0.05, 0.1) is 0 Å². The van der Waals surface area contributed by atoms with Crippen molar-refractivity contribution in [2.45, 2.75) is 0 Å². The van der Waals surface area contributed by atoms with Gasteiger partial charge in [0.15, 0.2) is 11.5 Å². The highest BCUT2D eigenvalue weighted by molar-refractivity contribution is 6.02. The van der Waals surface area contributed by atoms with Crippen LogP contribution in [-0.4, -0.2) is 15.9 Å². The molecule has 0 saturated heterocycles. The SMILES string of the molecule is O=C(Nc1cc(-c2ccncc2)c[nH]c1=O)c1ccc(C#Cc2ccccc2)o1. The van der Waals surface area contributed by atoms with Crippen molar-refractivity contribution in [3.05, 3.63) is 107 Å². The molecule has 0 saturated carbocycles. The molecule has 29 heavy (non-hydrogen) atoms. The van der Waals surface area contributed by atoms with Crippen LogP contribution < -0.4 is 10.9 Å². The summed E-state index contributed by atoms with van der Waals surface area (Å²) in [5.41, 5.74) is 2.16. The topological polar surface area (TPSA) is 88.0 Å². The van der Waals surface area contributed by atoms with Gasteiger partial charge in [0.25, 0.3) is 11.5 Å². The standard InChI is InChI=1S/C23H15N3O3/c27-22-20(14-18(15-25-22)17-10-12-24-13-11-17)26-23(28)21-9-8-19(29-21)7-6-16-4-2-1-3-5-16/h1-5,8-15H,(H,25,27)(H,26,28). The molecule has 1 aromatic carbocycles. The van der Waals surface area contributed by atoms with Gasteiger partial charge in [0, 0.05) is 29.7 Å². The minimum atomic E-state index is -0.532. The van der Waals surface area contributed by atoms with Gasteiger partial charge in [0.1, 0.15) is 5.69 Å². The first-order chi connectivity index (χ1) is 14.2. The summed E-state index contributed by atoms with van der Waals surface area (Å²) < 4.78 is 5.49. The Hall–Kier alpha value is -4.37. The number of aromatic nitrogens is 2. The van der Waals surface area contributed by atoms with Crippen LogP contribution >= 0.6 is 0 Å². The molecule has 6 heteroatoms. The molecule has 0 fully saturated rings. The summed E-state index contributed by atoms with van der Waals surface area (Å²) in [6.45, 7) is 0. The van der Waals surface area contributed by atoms with Gasteiger partial charge in [-0.3, -0.25) is 14.6 Å². The van der Waals surface area contributed by atoms with Crippen LogP contribution in [0.4, 0.5) is 5.69 Å². The molecular weight excluding hydrogens is 366 g/mol. The smallest absolute Gasteiger partial charge is 0.291 e. The summed E-state index contributed by atoms with van der Waals surface area (Å²) in [5, 5.41) is 2.58. The molecule has 140 valence electrons. The van der Waals surface area contributed by atoms with Gasteiger partial charge >= 0.3 is 0 Å². The number of benzene rings is 1. The van der Waals surface area contributed by atoms with Crippen molar-refractivity contribution in [1.29, 1.82) is 0 Å². The maximum absolute atomic E-state index is 12.5.